The molecule has 2 aromatic rings. The largest absolute Gasteiger partial charge is 0.387 e. The first-order valence-electron chi connectivity index (χ1n) is 8.16. The molecule has 0 spiro atoms. The van der Waals surface area contributed by atoms with E-state index in [2.05, 4.69) is 28.6 Å². The Bertz CT molecular complexity index is 693. The molecule has 3 aliphatic rings. The van der Waals surface area contributed by atoms with Crippen LogP contribution in [0.2, 0.25) is 0 Å². The van der Waals surface area contributed by atoms with Gasteiger partial charge < -0.3 is 5.11 Å². The summed E-state index contributed by atoms with van der Waals surface area (Å²) in [6, 6.07) is 10.3. The predicted octanol–water partition coefficient (Wildman–Crippen LogP) is 3.16. The molecule has 0 saturated carbocycles. The van der Waals surface area contributed by atoms with Crippen LogP contribution in [-0.2, 0) is 0 Å². The van der Waals surface area contributed by atoms with Crippen molar-refractivity contribution >= 4 is 10.9 Å². The van der Waals surface area contributed by atoms with Gasteiger partial charge in [-0.25, -0.2) is 0 Å². The molecular weight excluding hydrogens is 272 g/mol. The van der Waals surface area contributed by atoms with Crippen LogP contribution in [0.5, 0.6) is 0 Å². The fraction of sp³-hybridized carbons (Fsp3) is 0.421. The van der Waals surface area contributed by atoms with Crippen molar-refractivity contribution < 1.29 is 5.11 Å². The number of hydrogen-bond donors (Lipinski definition) is 1. The van der Waals surface area contributed by atoms with Crippen LogP contribution < -0.4 is 0 Å². The molecular formula is C19H22N2O. The monoisotopic (exact) mass is 294 g/mol. The Morgan fingerprint density at radius 3 is 2.95 bits per heavy atom. The molecule has 5 atom stereocenters. The van der Waals surface area contributed by atoms with Gasteiger partial charge in [0.15, 0.2) is 0 Å². The highest BCUT2D eigenvalue weighted by Gasteiger charge is 2.42. The van der Waals surface area contributed by atoms with Crippen molar-refractivity contribution in [3.8, 4) is 0 Å². The third-order valence-corrected chi connectivity index (χ3v) is 5.52. The van der Waals surface area contributed by atoms with Crippen molar-refractivity contribution in [1.29, 1.82) is 0 Å². The summed E-state index contributed by atoms with van der Waals surface area (Å²) in [6.45, 7) is 6.11. The normalized spacial score (nSPS) is 32.0. The molecule has 1 aromatic heterocycles. The van der Waals surface area contributed by atoms with Gasteiger partial charge in [-0.2, -0.15) is 0 Å². The van der Waals surface area contributed by atoms with Gasteiger partial charge in [-0.05, 0) is 48.9 Å². The van der Waals surface area contributed by atoms with Crippen LogP contribution in [0.1, 0.15) is 24.5 Å². The van der Waals surface area contributed by atoms with Gasteiger partial charge in [-0.15, -0.1) is 6.58 Å². The molecule has 2 bridgehead atoms. The van der Waals surface area contributed by atoms with E-state index in [1.54, 1.807) is 0 Å². The lowest BCUT2D eigenvalue weighted by Gasteiger charge is -2.50. The molecule has 1 N–H and O–H groups in total. The molecule has 22 heavy (non-hydrogen) atoms. The van der Waals surface area contributed by atoms with Gasteiger partial charge in [0, 0.05) is 24.2 Å². The number of fused-ring (bicyclic) bond motifs is 4. The molecule has 0 amide bonds. The van der Waals surface area contributed by atoms with Crippen LogP contribution in [0.4, 0.5) is 0 Å². The molecule has 4 heterocycles. The Kier molecular flexibility index (Phi) is 3.47. The first-order chi connectivity index (χ1) is 10.8. The third kappa shape index (κ3) is 2.16. The molecule has 3 saturated heterocycles. The maximum atomic E-state index is 11.0. The van der Waals surface area contributed by atoms with Crippen molar-refractivity contribution in [3.63, 3.8) is 0 Å². The second kappa shape index (κ2) is 5.49. The summed E-state index contributed by atoms with van der Waals surface area (Å²) in [5.41, 5.74) is 1.97. The fourth-order valence-electron chi connectivity index (χ4n) is 4.29. The van der Waals surface area contributed by atoms with Crippen LogP contribution in [0.3, 0.4) is 0 Å². The van der Waals surface area contributed by atoms with E-state index in [9.17, 15) is 5.11 Å². The Balaban J connectivity index is 1.67. The average Bonchev–Trinajstić information content (AvgIpc) is 2.60. The summed E-state index contributed by atoms with van der Waals surface area (Å²) in [6.07, 6.45) is 5.76. The Hall–Kier alpha value is -1.71. The van der Waals surface area contributed by atoms with Gasteiger partial charge in [0.2, 0.25) is 0 Å². The van der Waals surface area contributed by atoms with Gasteiger partial charge in [0.05, 0.1) is 11.6 Å². The topological polar surface area (TPSA) is 36.4 Å². The van der Waals surface area contributed by atoms with E-state index < -0.39 is 6.10 Å². The second-order valence-corrected chi connectivity index (χ2v) is 6.61. The minimum Gasteiger partial charge on any atom is -0.387 e. The highest BCUT2D eigenvalue weighted by atomic mass is 16.3. The zero-order valence-electron chi connectivity index (χ0n) is 12.7. The summed E-state index contributed by atoms with van der Waals surface area (Å²) < 4.78 is 0. The molecule has 4 unspecified atom stereocenters. The number of hydrogen-bond acceptors (Lipinski definition) is 3. The molecule has 3 nitrogen and oxygen atoms in total. The molecule has 0 radical (unpaired) electrons. The summed E-state index contributed by atoms with van der Waals surface area (Å²) in [4.78, 5) is 6.86. The molecule has 0 aliphatic carbocycles. The Labute approximate surface area is 131 Å². The van der Waals surface area contributed by atoms with Crippen LogP contribution in [0, 0.1) is 11.8 Å². The van der Waals surface area contributed by atoms with Crippen molar-refractivity contribution in [2.24, 2.45) is 11.8 Å². The molecule has 3 aliphatic heterocycles. The van der Waals surface area contributed by atoms with Gasteiger partial charge in [0.1, 0.15) is 0 Å². The van der Waals surface area contributed by atoms with E-state index in [1.807, 2.05) is 30.5 Å². The summed E-state index contributed by atoms with van der Waals surface area (Å²) in [5, 5.41) is 12.1. The molecule has 3 heteroatoms. The highest BCUT2D eigenvalue weighted by Crippen LogP contribution is 2.41. The van der Waals surface area contributed by atoms with Gasteiger partial charge >= 0.3 is 0 Å². The maximum absolute atomic E-state index is 11.0. The fourth-order valence-corrected chi connectivity index (χ4v) is 4.29. The number of nitrogens with zero attached hydrogens (tertiary/aromatic N) is 2. The minimum atomic E-state index is -0.443. The van der Waals surface area contributed by atoms with E-state index in [-0.39, 0.29) is 6.04 Å². The van der Waals surface area contributed by atoms with E-state index in [0.717, 1.165) is 36.0 Å². The molecule has 3 fully saturated rings. The van der Waals surface area contributed by atoms with Crippen molar-refractivity contribution in [1.82, 2.24) is 9.88 Å². The van der Waals surface area contributed by atoms with Crippen LogP contribution in [-0.4, -0.2) is 34.1 Å². The predicted molar refractivity (Wildman–Crippen MR) is 88.5 cm³/mol. The standard InChI is InChI=1S/C19H22N2O/c1-2-13-12-21-10-8-14(13)11-18(21)19(22)16-7-9-20-17-6-4-3-5-15(16)17/h2-7,9,13-14,18-19,22H,1,8,10-12H2/t13?,14?,18-,19?/m0/s1. The first-order valence-corrected chi connectivity index (χ1v) is 8.16. The lowest BCUT2D eigenvalue weighted by molar-refractivity contribution is -0.0444. The van der Waals surface area contributed by atoms with E-state index in [4.69, 9.17) is 0 Å². The van der Waals surface area contributed by atoms with Crippen molar-refractivity contribution in [3.05, 3.63) is 54.7 Å². The summed E-state index contributed by atoms with van der Waals surface area (Å²) in [7, 11) is 0. The second-order valence-electron chi connectivity index (χ2n) is 6.61. The van der Waals surface area contributed by atoms with E-state index in [1.165, 1.54) is 6.42 Å². The van der Waals surface area contributed by atoms with Crippen LogP contribution in [0.25, 0.3) is 10.9 Å². The SMILES string of the molecule is C=CC1CN2CCC1C[C@H]2C(O)c1ccnc2ccccc12. The average molecular weight is 294 g/mol. The number of piperidine rings is 3. The Morgan fingerprint density at radius 2 is 2.18 bits per heavy atom. The number of para-hydroxylation sites is 1. The van der Waals surface area contributed by atoms with Gasteiger partial charge in [0.25, 0.3) is 0 Å². The smallest absolute Gasteiger partial charge is 0.0952 e. The molecule has 5 rings (SSSR count). The van der Waals surface area contributed by atoms with E-state index in [0.29, 0.717) is 11.8 Å². The quantitative estimate of drug-likeness (QED) is 0.883. The van der Waals surface area contributed by atoms with Gasteiger partial charge in [-0.1, -0.05) is 24.3 Å². The minimum absolute atomic E-state index is 0.223. The summed E-state index contributed by atoms with van der Waals surface area (Å²) in [5.74, 6) is 1.27. The number of pyridine rings is 1. The van der Waals surface area contributed by atoms with Crippen molar-refractivity contribution in [2.45, 2.75) is 25.0 Å². The number of aliphatic hydroxyl groups excluding tert-OH is 1. The van der Waals surface area contributed by atoms with Crippen molar-refractivity contribution in [2.75, 3.05) is 13.1 Å². The van der Waals surface area contributed by atoms with Crippen LogP contribution >= 0.6 is 0 Å². The number of aliphatic hydroxyl groups is 1. The number of rotatable bonds is 3. The third-order valence-electron chi connectivity index (χ3n) is 5.52. The molecule has 114 valence electrons. The lowest BCUT2D eigenvalue weighted by Crippen LogP contribution is -2.54. The lowest BCUT2D eigenvalue weighted by atomic mass is 9.73. The zero-order chi connectivity index (χ0) is 15.1. The Morgan fingerprint density at radius 1 is 1.32 bits per heavy atom. The highest BCUT2D eigenvalue weighted by molar-refractivity contribution is 5.82. The molecule has 1 aromatic carbocycles. The number of aromatic nitrogens is 1. The first kappa shape index (κ1) is 13.9. The van der Waals surface area contributed by atoms with Crippen LogP contribution in [0.15, 0.2) is 49.2 Å². The maximum Gasteiger partial charge on any atom is 0.0952 e. The van der Waals surface area contributed by atoms with Gasteiger partial charge in [-0.3, -0.25) is 9.88 Å². The van der Waals surface area contributed by atoms with E-state index >= 15 is 0 Å². The summed E-state index contributed by atoms with van der Waals surface area (Å²) >= 11 is 0. The zero-order valence-corrected chi connectivity index (χ0v) is 12.7. The number of benzene rings is 1.